The topological polar surface area (TPSA) is 91.4 Å². The molecule has 4 heterocycles. The molecule has 2 atom stereocenters. The van der Waals surface area contributed by atoms with Crippen LogP contribution in [0, 0.1) is 23.6 Å². The number of anilines is 1. The number of halogens is 6. The van der Waals surface area contributed by atoms with Crippen LogP contribution < -0.4 is 10.6 Å². The first-order valence-corrected chi connectivity index (χ1v) is 13.0. The van der Waals surface area contributed by atoms with Crippen molar-refractivity contribution in [3.63, 3.8) is 0 Å². The van der Waals surface area contributed by atoms with Gasteiger partial charge in [-0.05, 0) is 55.0 Å². The lowest BCUT2D eigenvalue weighted by molar-refractivity contribution is -0.178. The summed E-state index contributed by atoms with van der Waals surface area (Å²) in [4.78, 5) is 15.1. The lowest BCUT2D eigenvalue weighted by Crippen LogP contribution is -2.55. The monoisotopic (exact) mass is 566 g/mol. The fraction of sp³-hybridized carbons (Fsp3) is 0.444. The van der Waals surface area contributed by atoms with Gasteiger partial charge in [0.25, 0.3) is 11.9 Å². The van der Waals surface area contributed by atoms with Crippen molar-refractivity contribution in [1.82, 2.24) is 19.9 Å². The smallest absolute Gasteiger partial charge is 0.368 e. The van der Waals surface area contributed by atoms with Crippen LogP contribution >= 0.6 is 0 Å². The molecule has 2 aromatic heterocycles. The zero-order valence-corrected chi connectivity index (χ0v) is 21.4. The van der Waals surface area contributed by atoms with E-state index >= 15 is 0 Å². The van der Waals surface area contributed by atoms with Crippen LogP contribution in [0.2, 0.25) is 0 Å². The summed E-state index contributed by atoms with van der Waals surface area (Å²) >= 11 is 0. The Labute approximate surface area is 226 Å². The summed E-state index contributed by atoms with van der Waals surface area (Å²) < 4.78 is 81.9. The summed E-state index contributed by atoms with van der Waals surface area (Å²) in [5, 5.41) is 12.3. The average molecular weight is 567 g/mol. The largest absolute Gasteiger partial charge is 0.416 e. The normalized spacial score (nSPS) is 20.6. The third kappa shape index (κ3) is 5.25. The van der Waals surface area contributed by atoms with Crippen LogP contribution in [0.5, 0.6) is 0 Å². The van der Waals surface area contributed by atoms with Crippen molar-refractivity contribution >= 4 is 5.82 Å². The molecule has 0 saturated carbocycles. The molecule has 0 spiro atoms. The van der Waals surface area contributed by atoms with Gasteiger partial charge in [-0.3, -0.25) is 4.90 Å². The van der Waals surface area contributed by atoms with Gasteiger partial charge in [-0.15, -0.1) is 0 Å². The minimum atomic E-state index is -4.51. The van der Waals surface area contributed by atoms with E-state index in [0.717, 1.165) is 17.7 Å². The molecule has 13 heteroatoms. The van der Waals surface area contributed by atoms with Gasteiger partial charge >= 0.3 is 6.18 Å². The van der Waals surface area contributed by atoms with Crippen LogP contribution in [0.15, 0.2) is 42.6 Å². The number of hydrogen-bond acceptors (Lipinski definition) is 7. The lowest BCUT2D eigenvalue weighted by Gasteiger charge is -2.47. The minimum Gasteiger partial charge on any atom is -0.368 e. The van der Waals surface area contributed by atoms with Crippen molar-refractivity contribution in [1.29, 1.82) is 0 Å². The second-order valence-corrected chi connectivity index (χ2v) is 10.1. The maximum Gasteiger partial charge on any atom is 0.416 e. The number of aliphatic hydroxyl groups is 1. The standard InChI is InChI=1S/C27H28F6N6O/c28-22-23(29)36-25(37-24(22)30)26(40,18-9-12-38(13-10-18)21-8-3-16(14-34)15-35-21)39-11-1-2-20(39)17-4-6-19(7-5-17)27(31,32)33/h3-8,15,18,20,40H,1-2,9-14,34H2. The van der Waals surface area contributed by atoms with Crippen molar-refractivity contribution in [2.75, 3.05) is 24.5 Å². The van der Waals surface area contributed by atoms with Crippen LogP contribution in [-0.2, 0) is 18.4 Å². The Hall–Kier alpha value is -3.29. The van der Waals surface area contributed by atoms with Crippen LogP contribution in [0.25, 0.3) is 0 Å². The van der Waals surface area contributed by atoms with Gasteiger partial charge in [0.2, 0.25) is 5.82 Å². The number of rotatable bonds is 6. The molecule has 2 fully saturated rings. The van der Waals surface area contributed by atoms with Crippen molar-refractivity contribution in [2.45, 2.75) is 50.2 Å². The molecule has 3 aromatic rings. The Kier molecular flexibility index (Phi) is 7.73. The van der Waals surface area contributed by atoms with Gasteiger partial charge < -0.3 is 15.7 Å². The molecule has 5 rings (SSSR count). The molecule has 2 saturated heterocycles. The van der Waals surface area contributed by atoms with Crippen LogP contribution in [-0.4, -0.2) is 44.6 Å². The summed E-state index contributed by atoms with van der Waals surface area (Å²) in [6, 6.07) is 7.69. The molecule has 0 aliphatic carbocycles. The van der Waals surface area contributed by atoms with Gasteiger partial charge in [0.15, 0.2) is 11.5 Å². The molecule has 7 nitrogen and oxygen atoms in total. The highest BCUT2D eigenvalue weighted by atomic mass is 19.4. The molecule has 3 N–H and O–H groups in total. The Morgan fingerprint density at radius 2 is 1.55 bits per heavy atom. The minimum absolute atomic E-state index is 0.258. The second-order valence-electron chi connectivity index (χ2n) is 10.1. The van der Waals surface area contributed by atoms with Gasteiger partial charge in [0.1, 0.15) is 5.82 Å². The van der Waals surface area contributed by atoms with Crippen LogP contribution in [0.1, 0.15) is 54.2 Å². The van der Waals surface area contributed by atoms with Crippen LogP contribution in [0.3, 0.4) is 0 Å². The SMILES string of the molecule is NCc1ccc(N2CCC(C(O)(c3nc(F)c(F)c(F)n3)N3CCCC3c3ccc(C(F)(F)F)cc3)CC2)nc1. The highest BCUT2D eigenvalue weighted by molar-refractivity contribution is 5.40. The van der Waals surface area contributed by atoms with E-state index in [1.165, 1.54) is 12.1 Å². The third-order valence-corrected chi connectivity index (χ3v) is 7.85. The van der Waals surface area contributed by atoms with E-state index in [4.69, 9.17) is 5.73 Å². The molecular formula is C27H28F6N6O. The Bertz CT molecular complexity index is 1310. The number of alkyl halides is 3. The summed E-state index contributed by atoms with van der Waals surface area (Å²) in [5.41, 5.74) is 4.07. The molecule has 2 unspecified atom stereocenters. The van der Waals surface area contributed by atoms with E-state index in [2.05, 4.69) is 15.0 Å². The zero-order chi connectivity index (χ0) is 28.7. The molecule has 40 heavy (non-hydrogen) atoms. The number of hydrogen-bond donors (Lipinski definition) is 2. The first-order valence-electron chi connectivity index (χ1n) is 13.0. The first kappa shape index (κ1) is 28.2. The van der Waals surface area contributed by atoms with Gasteiger partial charge in [-0.2, -0.15) is 36.3 Å². The van der Waals surface area contributed by atoms with E-state index in [1.807, 2.05) is 17.0 Å². The predicted molar refractivity (Wildman–Crippen MR) is 133 cm³/mol. The fourth-order valence-corrected chi connectivity index (χ4v) is 5.76. The summed E-state index contributed by atoms with van der Waals surface area (Å²) in [6.07, 6.45) is -1.13. The van der Waals surface area contributed by atoms with Gasteiger partial charge in [0, 0.05) is 44.3 Å². The Balaban J connectivity index is 1.48. The maximum atomic E-state index is 14.3. The number of nitrogens with two attached hydrogens (primary N) is 1. The van der Waals surface area contributed by atoms with Gasteiger partial charge in [0.05, 0.1) is 5.56 Å². The molecule has 1 aromatic carbocycles. The fourth-order valence-electron chi connectivity index (χ4n) is 5.76. The summed E-state index contributed by atoms with van der Waals surface area (Å²) in [6.45, 7) is 1.48. The van der Waals surface area contributed by atoms with Crippen molar-refractivity contribution in [2.24, 2.45) is 11.7 Å². The van der Waals surface area contributed by atoms with E-state index in [9.17, 15) is 31.4 Å². The molecule has 2 aliphatic heterocycles. The molecule has 0 bridgehead atoms. The molecule has 0 amide bonds. The molecular weight excluding hydrogens is 538 g/mol. The predicted octanol–water partition coefficient (Wildman–Crippen LogP) is 4.67. The van der Waals surface area contributed by atoms with Gasteiger partial charge in [-0.25, -0.2) is 4.98 Å². The number of likely N-dealkylation sites (tertiary alicyclic amines) is 1. The first-order chi connectivity index (χ1) is 19.0. The number of nitrogens with zero attached hydrogens (tertiary/aromatic N) is 5. The number of benzene rings is 1. The molecule has 2 aliphatic rings. The summed E-state index contributed by atoms with van der Waals surface area (Å²) in [7, 11) is 0. The highest BCUT2D eigenvalue weighted by Gasteiger charge is 2.52. The second kappa shape index (κ2) is 10.9. The summed E-state index contributed by atoms with van der Waals surface area (Å²) in [5.74, 6) is -5.86. The quantitative estimate of drug-likeness (QED) is 0.331. The van der Waals surface area contributed by atoms with Crippen molar-refractivity contribution < 1.29 is 31.4 Å². The maximum absolute atomic E-state index is 14.3. The number of piperidine rings is 1. The van der Waals surface area contributed by atoms with E-state index < -0.39 is 53.0 Å². The van der Waals surface area contributed by atoms with Crippen LogP contribution in [0.4, 0.5) is 32.2 Å². The van der Waals surface area contributed by atoms with E-state index in [-0.39, 0.29) is 6.54 Å². The number of pyridine rings is 1. The Morgan fingerprint density at radius 1 is 0.900 bits per heavy atom. The van der Waals surface area contributed by atoms with Crippen molar-refractivity contribution in [3.8, 4) is 0 Å². The van der Waals surface area contributed by atoms with Gasteiger partial charge in [-0.1, -0.05) is 18.2 Å². The number of aromatic nitrogens is 3. The average Bonchev–Trinajstić information content (AvgIpc) is 3.46. The van der Waals surface area contributed by atoms with E-state index in [0.29, 0.717) is 56.7 Å². The molecule has 214 valence electrons. The highest BCUT2D eigenvalue weighted by Crippen LogP contribution is 2.47. The Morgan fingerprint density at radius 3 is 2.10 bits per heavy atom. The third-order valence-electron chi connectivity index (χ3n) is 7.85. The van der Waals surface area contributed by atoms with Crippen molar-refractivity contribution in [3.05, 3.63) is 82.8 Å². The molecule has 0 radical (unpaired) electrons. The van der Waals surface area contributed by atoms with E-state index in [1.54, 1.807) is 11.1 Å². The zero-order valence-electron chi connectivity index (χ0n) is 21.4. The lowest BCUT2D eigenvalue weighted by atomic mass is 9.83.